The molecule has 0 saturated heterocycles. The average Bonchev–Trinajstić information content (AvgIpc) is 2.48. The van der Waals surface area contributed by atoms with Crippen LogP contribution in [0.1, 0.15) is 5.56 Å². The normalized spacial score (nSPS) is 11.0. The van der Waals surface area contributed by atoms with Gasteiger partial charge >= 0.3 is 6.03 Å². The lowest BCUT2D eigenvalue weighted by Crippen LogP contribution is -2.40. The maximum absolute atomic E-state index is 12.1. The van der Waals surface area contributed by atoms with Crippen molar-refractivity contribution in [2.45, 2.75) is 11.3 Å². The lowest BCUT2D eigenvalue weighted by atomic mass is 10.1. The Morgan fingerprint density at radius 2 is 1.64 bits per heavy atom. The quantitative estimate of drug-likeness (QED) is 0.834. The molecule has 0 aliphatic heterocycles. The zero-order valence-electron chi connectivity index (χ0n) is 11.6. The fourth-order valence-corrected chi connectivity index (χ4v) is 3.77. The van der Waals surface area contributed by atoms with Gasteiger partial charge in [-0.3, -0.25) is 0 Å². The number of halogens is 1. The summed E-state index contributed by atoms with van der Waals surface area (Å²) in [6.07, 6.45) is 0.628. The molecule has 2 amide bonds. The summed E-state index contributed by atoms with van der Waals surface area (Å²) in [7, 11) is -3.89. The van der Waals surface area contributed by atoms with E-state index in [1.807, 2.05) is 35.1 Å². The van der Waals surface area contributed by atoms with Crippen LogP contribution in [0.4, 0.5) is 4.79 Å². The van der Waals surface area contributed by atoms with Crippen LogP contribution in [0.25, 0.3) is 0 Å². The molecule has 0 saturated carbocycles. The molecule has 0 radical (unpaired) electrons. The van der Waals surface area contributed by atoms with Crippen LogP contribution in [0.2, 0.25) is 0 Å². The van der Waals surface area contributed by atoms with E-state index in [1.165, 1.54) is 6.07 Å². The van der Waals surface area contributed by atoms with Crippen LogP contribution in [0.3, 0.4) is 0 Å². The summed E-state index contributed by atoms with van der Waals surface area (Å²) >= 11 is 3.15. The lowest BCUT2D eigenvalue weighted by molar-refractivity contribution is 0.246. The molecule has 116 valence electrons. The second kappa shape index (κ2) is 7.42. The summed E-state index contributed by atoms with van der Waals surface area (Å²) in [5.74, 6) is 0. The van der Waals surface area contributed by atoms with Gasteiger partial charge in [0.15, 0.2) is 0 Å². The third-order valence-corrected chi connectivity index (χ3v) is 5.24. The predicted molar refractivity (Wildman–Crippen MR) is 88.0 cm³/mol. The van der Waals surface area contributed by atoms with E-state index in [1.54, 1.807) is 18.2 Å². The molecule has 0 spiro atoms. The summed E-state index contributed by atoms with van der Waals surface area (Å²) in [4.78, 5) is 11.7. The number of carbonyl (C=O) groups excluding carboxylic acids is 1. The molecule has 0 aromatic heterocycles. The van der Waals surface area contributed by atoms with E-state index in [4.69, 9.17) is 0 Å². The monoisotopic (exact) mass is 382 g/mol. The standard InChI is InChI=1S/C15H15BrN2O3S/c16-13-8-4-5-9-14(13)22(20,21)18-15(19)17-11-10-12-6-2-1-3-7-12/h1-9H,10-11H2,(H2,17,18,19). The minimum absolute atomic E-state index is 0.0215. The number of hydrogen-bond acceptors (Lipinski definition) is 3. The highest BCUT2D eigenvalue weighted by atomic mass is 79.9. The zero-order chi connectivity index (χ0) is 16.0. The molecule has 2 aromatic rings. The van der Waals surface area contributed by atoms with Gasteiger partial charge in [-0.1, -0.05) is 42.5 Å². The smallest absolute Gasteiger partial charge is 0.328 e. The van der Waals surface area contributed by atoms with Gasteiger partial charge in [-0.2, -0.15) is 0 Å². The Bertz CT molecular complexity index is 748. The first kappa shape index (κ1) is 16.5. The van der Waals surface area contributed by atoms with Crippen LogP contribution >= 0.6 is 15.9 Å². The highest BCUT2D eigenvalue weighted by molar-refractivity contribution is 9.10. The zero-order valence-corrected chi connectivity index (χ0v) is 14.0. The van der Waals surface area contributed by atoms with Crippen LogP contribution in [0.5, 0.6) is 0 Å². The molecule has 0 heterocycles. The van der Waals surface area contributed by atoms with Gasteiger partial charge in [0.1, 0.15) is 4.90 Å². The molecule has 0 atom stereocenters. The minimum atomic E-state index is -3.89. The van der Waals surface area contributed by atoms with Crippen LogP contribution < -0.4 is 10.0 Å². The maximum atomic E-state index is 12.1. The Morgan fingerprint density at radius 1 is 1.00 bits per heavy atom. The first-order chi connectivity index (χ1) is 10.5. The van der Waals surface area contributed by atoms with Crippen molar-refractivity contribution in [1.82, 2.24) is 10.0 Å². The maximum Gasteiger partial charge on any atom is 0.328 e. The van der Waals surface area contributed by atoms with Crippen molar-refractivity contribution in [3.63, 3.8) is 0 Å². The number of sulfonamides is 1. The Morgan fingerprint density at radius 3 is 2.32 bits per heavy atom. The molecule has 22 heavy (non-hydrogen) atoms. The summed E-state index contributed by atoms with van der Waals surface area (Å²) in [5.41, 5.74) is 1.07. The van der Waals surface area contributed by atoms with Gasteiger partial charge in [0, 0.05) is 11.0 Å². The minimum Gasteiger partial charge on any atom is -0.337 e. The number of rotatable bonds is 5. The van der Waals surface area contributed by atoms with Gasteiger partial charge in [-0.05, 0) is 40.0 Å². The summed E-state index contributed by atoms with van der Waals surface area (Å²) in [6, 6.07) is 15.2. The van der Waals surface area contributed by atoms with E-state index in [9.17, 15) is 13.2 Å². The molecule has 0 aliphatic carbocycles. The fraction of sp³-hybridized carbons (Fsp3) is 0.133. The third-order valence-electron chi connectivity index (χ3n) is 2.90. The van der Waals surface area contributed by atoms with E-state index >= 15 is 0 Å². The van der Waals surface area contributed by atoms with E-state index in [-0.39, 0.29) is 4.90 Å². The lowest BCUT2D eigenvalue weighted by Gasteiger charge is -2.09. The molecule has 0 bridgehead atoms. The van der Waals surface area contributed by atoms with E-state index < -0.39 is 16.1 Å². The Balaban J connectivity index is 1.90. The van der Waals surface area contributed by atoms with Gasteiger partial charge in [-0.15, -0.1) is 0 Å². The Labute approximate surface area is 137 Å². The van der Waals surface area contributed by atoms with Crippen molar-refractivity contribution in [1.29, 1.82) is 0 Å². The van der Waals surface area contributed by atoms with Gasteiger partial charge < -0.3 is 5.32 Å². The van der Waals surface area contributed by atoms with Gasteiger partial charge in [0.2, 0.25) is 0 Å². The van der Waals surface area contributed by atoms with E-state index in [0.717, 1.165) is 5.56 Å². The number of amides is 2. The molecule has 2 rings (SSSR count). The molecular formula is C15H15BrN2O3S. The molecular weight excluding hydrogens is 368 g/mol. The van der Waals surface area contributed by atoms with Gasteiger partial charge in [0.05, 0.1) is 0 Å². The number of carbonyl (C=O) groups is 1. The summed E-state index contributed by atoms with van der Waals surface area (Å²) in [6.45, 7) is 0.349. The highest BCUT2D eigenvalue weighted by Crippen LogP contribution is 2.20. The SMILES string of the molecule is O=C(NCCc1ccccc1)NS(=O)(=O)c1ccccc1Br. The second-order valence-corrected chi connectivity index (χ2v) is 7.03. The summed E-state index contributed by atoms with van der Waals surface area (Å²) in [5, 5.41) is 2.53. The van der Waals surface area contributed by atoms with E-state index in [0.29, 0.717) is 17.4 Å². The Kier molecular flexibility index (Phi) is 5.57. The van der Waals surface area contributed by atoms with Crippen molar-refractivity contribution < 1.29 is 13.2 Å². The molecule has 0 aliphatic rings. The molecule has 0 unspecified atom stereocenters. The van der Waals surface area contributed by atoms with Crippen molar-refractivity contribution >= 4 is 32.0 Å². The number of urea groups is 1. The molecule has 2 aromatic carbocycles. The Hall–Kier alpha value is -1.86. The topological polar surface area (TPSA) is 75.3 Å². The molecule has 0 fully saturated rings. The first-order valence-electron chi connectivity index (χ1n) is 6.58. The number of benzene rings is 2. The fourth-order valence-electron chi connectivity index (χ4n) is 1.84. The van der Waals surface area contributed by atoms with Crippen LogP contribution in [-0.2, 0) is 16.4 Å². The summed E-state index contributed by atoms with van der Waals surface area (Å²) < 4.78 is 26.6. The van der Waals surface area contributed by atoms with E-state index in [2.05, 4.69) is 21.2 Å². The van der Waals surface area contributed by atoms with Crippen molar-refractivity contribution in [2.75, 3.05) is 6.54 Å². The molecule has 7 heteroatoms. The third kappa shape index (κ3) is 4.57. The molecule has 2 N–H and O–H groups in total. The van der Waals surface area contributed by atoms with Crippen LogP contribution in [-0.4, -0.2) is 21.0 Å². The van der Waals surface area contributed by atoms with Gasteiger partial charge in [0.25, 0.3) is 10.0 Å². The first-order valence-corrected chi connectivity index (χ1v) is 8.86. The van der Waals surface area contributed by atoms with Crippen molar-refractivity contribution in [3.05, 3.63) is 64.6 Å². The second-order valence-electron chi connectivity index (χ2n) is 4.53. The largest absolute Gasteiger partial charge is 0.337 e. The van der Waals surface area contributed by atoms with Crippen molar-refractivity contribution in [2.24, 2.45) is 0 Å². The van der Waals surface area contributed by atoms with Crippen molar-refractivity contribution in [3.8, 4) is 0 Å². The number of nitrogens with one attached hydrogen (secondary N) is 2. The highest BCUT2D eigenvalue weighted by Gasteiger charge is 2.19. The number of hydrogen-bond donors (Lipinski definition) is 2. The predicted octanol–water partition coefficient (Wildman–Crippen LogP) is 2.68. The average molecular weight is 383 g/mol. The van der Waals surface area contributed by atoms with Crippen LogP contribution in [0, 0.1) is 0 Å². The van der Waals surface area contributed by atoms with Crippen LogP contribution in [0.15, 0.2) is 64.0 Å². The molecule has 5 nitrogen and oxygen atoms in total. The van der Waals surface area contributed by atoms with Gasteiger partial charge in [-0.25, -0.2) is 17.9 Å².